The van der Waals surface area contributed by atoms with Crippen molar-refractivity contribution in [3.05, 3.63) is 0 Å². The van der Waals surface area contributed by atoms with Crippen molar-refractivity contribution in [1.29, 1.82) is 0 Å². The van der Waals surface area contributed by atoms with Crippen LogP contribution in [0.3, 0.4) is 0 Å². The maximum atomic E-state index is 10.4. The SMILES string of the molecule is CC(=O)OC(C)=O.CC(=O)SCC(=O)CCl.CC(=O)SCC(=O)O.O=C(O)CS.O=C1CCCS1.O=CO[O-].[H-].[K+].[K+].[K+].[OH-]. The number of halogens is 1. The third-order valence-electron chi connectivity index (χ3n) is 2.23. The predicted octanol–water partition coefficient (Wildman–Crippen LogP) is -8.06. The molecule has 1 saturated heterocycles. The molecular formula is C20H32ClK3O15S4. The van der Waals surface area contributed by atoms with E-state index in [0.29, 0.717) is 5.12 Å². The molecule has 1 heterocycles. The van der Waals surface area contributed by atoms with Crippen LogP contribution in [-0.2, 0) is 52.8 Å². The number of esters is 2. The van der Waals surface area contributed by atoms with Crippen molar-refractivity contribution >= 4 is 111 Å². The van der Waals surface area contributed by atoms with Gasteiger partial charge in [-0.15, -0.1) is 11.6 Å². The van der Waals surface area contributed by atoms with Gasteiger partial charge in [-0.3, -0.25) is 43.2 Å². The van der Waals surface area contributed by atoms with Crippen LogP contribution in [0.2, 0.25) is 0 Å². The number of carbonyl (C=O) groups is 9. The summed E-state index contributed by atoms with van der Waals surface area (Å²) in [7, 11) is 0. The standard InChI is InChI=1S/C5H7ClO2S.C4H6O3S.C4H6O3.C4H6OS.C2H4O2S.CH2O3.3K.H2O.H/c1-4(7)9-3-5(8)2-6;1-3(5)8-2-4(6)7;1-3(5)7-4(2)6;5-4-2-1-3-6-4;3-2(4)1-5;2-1-4-3;;;;;/h2-3H2,1H3;2H2,1H3,(H,6,7);1-2H3;1-3H2;5H,1H2,(H,3,4);1,3H;;;;1H2;/q;;;;;;3*+1;;-1/p-2. The van der Waals surface area contributed by atoms with Gasteiger partial charge in [0.1, 0.15) is 0 Å². The van der Waals surface area contributed by atoms with Crippen molar-refractivity contribution in [3.63, 3.8) is 0 Å². The number of alkyl halides is 1. The maximum Gasteiger partial charge on any atom is 1.00 e. The fourth-order valence-electron chi connectivity index (χ4n) is 1.06. The van der Waals surface area contributed by atoms with E-state index < -0.39 is 23.9 Å². The van der Waals surface area contributed by atoms with E-state index in [-0.39, 0.29) is 207 Å². The zero-order valence-electron chi connectivity index (χ0n) is 25.8. The quantitative estimate of drug-likeness (QED) is 0.0316. The summed E-state index contributed by atoms with van der Waals surface area (Å²) < 4.78 is 3.97. The average molecular weight is 793 g/mol. The van der Waals surface area contributed by atoms with E-state index in [9.17, 15) is 38.4 Å². The van der Waals surface area contributed by atoms with Crippen LogP contribution in [-0.4, -0.2) is 96.1 Å². The maximum absolute atomic E-state index is 10.4. The molecule has 0 bridgehead atoms. The largest absolute Gasteiger partial charge is 1.00 e. The summed E-state index contributed by atoms with van der Waals surface area (Å²) in [5.74, 6) is -2.01. The molecular weight excluding hydrogens is 761 g/mol. The number of hydrogen-bond acceptors (Lipinski definition) is 17. The van der Waals surface area contributed by atoms with Gasteiger partial charge in [-0.2, -0.15) is 12.6 Å². The van der Waals surface area contributed by atoms with E-state index in [2.05, 4.69) is 22.3 Å². The van der Waals surface area contributed by atoms with E-state index in [0.717, 1.165) is 42.1 Å². The van der Waals surface area contributed by atoms with E-state index in [1.807, 2.05) is 0 Å². The summed E-state index contributed by atoms with van der Waals surface area (Å²) in [4.78, 5) is 90.8. The first-order valence-electron chi connectivity index (χ1n) is 9.96. The Kier molecular flexibility index (Phi) is 85.5. The second-order valence-electron chi connectivity index (χ2n) is 5.78. The number of hydrogen-bond donors (Lipinski definition) is 3. The van der Waals surface area contributed by atoms with Gasteiger partial charge in [0.2, 0.25) is 0 Å². The summed E-state index contributed by atoms with van der Waals surface area (Å²) in [6.07, 6.45) is 1.91. The molecule has 23 heteroatoms. The van der Waals surface area contributed by atoms with Crippen LogP contribution in [0.5, 0.6) is 0 Å². The van der Waals surface area contributed by atoms with Gasteiger partial charge < -0.3 is 32.0 Å². The zero-order valence-corrected chi connectivity index (χ0v) is 38.3. The predicted molar refractivity (Wildman–Crippen MR) is 150 cm³/mol. The van der Waals surface area contributed by atoms with Gasteiger partial charge >= 0.3 is 178 Å². The summed E-state index contributed by atoms with van der Waals surface area (Å²) >= 11 is 11.8. The molecule has 0 amide bonds. The Morgan fingerprint density at radius 2 is 1.33 bits per heavy atom. The number of aliphatic carboxylic acids is 2. The van der Waals surface area contributed by atoms with Gasteiger partial charge in [0.05, 0.1) is 23.1 Å². The molecule has 3 N–H and O–H groups in total. The van der Waals surface area contributed by atoms with E-state index >= 15 is 0 Å². The first-order chi connectivity index (χ1) is 18.0. The number of carbonyl (C=O) groups excluding carboxylic acids is 7. The third-order valence-corrected chi connectivity index (χ3v) is 5.49. The number of ketones is 1. The van der Waals surface area contributed by atoms with Gasteiger partial charge in [0.25, 0.3) is 6.47 Å². The Balaban J connectivity index is -0.0000000391. The Bertz CT molecular complexity index is 768. The van der Waals surface area contributed by atoms with E-state index in [4.69, 9.17) is 31.9 Å². The van der Waals surface area contributed by atoms with Crippen LogP contribution in [0.25, 0.3) is 0 Å². The number of Topliss-reactive ketones (excluding diaryl/α,β-unsaturated/α-hetero) is 1. The number of ether oxygens (including phenoxy) is 1. The molecule has 43 heavy (non-hydrogen) atoms. The summed E-state index contributed by atoms with van der Waals surface area (Å²) in [6.45, 7) is 4.95. The average Bonchev–Trinajstić information content (AvgIpc) is 3.32. The molecule has 1 fully saturated rings. The summed E-state index contributed by atoms with van der Waals surface area (Å²) in [6, 6.07) is 0. The molecule has 0 aromatic rings. The second kappa shape index (κ2) is 54.2. The number of rotatable bonds is 7. The number of thioether (sulfide) groups is 3. The minimum absolute atomic E-state index is 0. The molecule has 0 unspecified atom stereocenters. The molecule has 0 spiro atoms. The van der Waals surface area contributed by atoms with Crippen molar-refractivity contribution < 1.29 is 229 Å². The van der Waals surface area contributed by atoms with Crippen molar-refractivity contribution in [2.24, 2.45) is 0 Å². The van der Waals surface area contributed by atoms with Gasteiger partial charge in [-0.05, 0) is 6.42 Å². The Morgan fingerprint density at radius 1 is 0.953 bits per heavy atom. The van der Waals surface area contributed by atoms with Crippen molar-refractivity contribution in [1.82, 2.24) is 0 Å². The molecule has 1 aliphatic heterocycles. The van der Waals surface area contributed by atoms with E-state index in [1.54, 1.807) is 0 Å². The van der Waals surface area contributed by atoms with Gasteiger partial charge in [0, 0.05) is 39.9 Å². The molecule has 0 saturated carbocycles. The molecule has 0 aromatic heterocycles. The van der Waals surface area contributed by atoms with Crippen LogP contribution in [0, 0.1) is 0 Å². The monoisotopic (exact) mass is 792 g/mol. The third kappa shape index (κ3) is 98.9. The van der Waals surface area contributed by atoms with Crippen LogP contribution in [0.15, 0.2) is 0 Å². The topological polar surface area (TPSA) is 266 Å². The first kappa shape index (κ1) is 67.8. The number of carboxylic acids is 2. The van der Waals surface area contributed by atoms with Crippen LogP contribution in [0.4, 0.5) is 0 Å². The van der Waals surface area contributed by atoms with E-state index in [1.165, 1.54) is 39.5 Å². The number of carboxylic acid groups (broad SMARTS) is 2. The Hall–Kier alpha value is 2.75. The fourth-order valence-corrected chi connectivity index (χ4v) is 2.87. The van der Waals surface area contributed by atoms with Crippen LogP contribution >= 0.6 is 59.5 Å². The van der Waals surface area contributed by atoms with Gasteiger partial charge in [0.15, 0.2) is 21.1 Å². The normalized spacial score (nSPS) is 9.23. The zero-order chi connectivity index (χ0) is 31.8. The second-order valence-corrected chi connectivity index (χ2v) is 9.82. The smallest absolute Gasteiger partial charge is 1.00 e. The Morgan fingerprint density at radius 3 is 1.44 bits per heavy atom. The molecule has 0 atom stereocenters. The molecule has 0 aromatic carbocycles. The molecule has 1 rings (SSSR count). The number of thiol groups is 1. The minimum atomic E-state index is -0.954. The fraction of sp³-hybridized carbons (Fsp3) is 0.550. The van der Waals surface area contributed by atoms with Crippen molar-refractivity contribution in [3.8, 4) is 0 Å². The summed E-state index contributed by atoms with van der Waals surface area (Å²) in [5, 5.41) is 24.2. The molecule has 236 valence electrons. The van der Waals surface area contributed by atoms with Crippen LogP contribution in [0.1, 0.15) is 42.0 Å². The summed E-state index contributed by atoms with van der Waals surface area (Å²) in [5.41, 5.74) is 0. The minimum Gasteiger partial charge on any atom is -1.00 e. The molecule has 0 radical (unpaired) electrons. The van der Waals surface area contributed by atoms with Crippen LogP contribution < -0.4 is 159 Å². The molecule has 15 nitrogen and oxygen atoms in total. The Labute approximate surface area is 401 Å². The van der Waals surface area contributed by atoms with Gasteiger partial charge in [-0.1, -0.05) is 35.3 Å². The van der Waals surface area contributed by atoms with Crippen molar-refractivity contribution in [2.45, 2.75) is 40.5 Å². The molecule has 1 aliphatic rings. The van der Waals surface area contributed by atoms with Gasteiger partial charge in [-0.25, -0.2) is 0 Å². The van der Waals surface area contributed by atoms with Crippen molar-refractivity contribution in [2.75, 3.05) is 28.9 Å². The molecule has 0 aliphatic carbocycles. The first-order valence-corrected chi connectivity index (χ1v) is 14.1.